The minimum Gasteiger partial charge on any atom is -0.482 e. The number of nitrogens with zero attached hydrogens (tertiary/aromatic N) is 1. The van der Waals surface area contributed by atoms with Crippen LogP contribution in [0.25, 0.3) is 0 Å². The van der Waals surface area contributed by atoms with Gasteiger partial charge < -0.3 is 14.6 Å². The van der Waals surface area contributed by atoms with Crippen molar-refractivity contribution in [3.05, 3.63) is 29.8 Å². The monoisotopic (exact) mass is 307 g/mol. The third-order valence-electron chi connectivity index (χ3n) is 3.76. The molecule has 5 heteroatoms. The lowest BCUT2D eigenvalue weighted by atomic mass is 10.0. The van der Waals surface area contributed by atoms with Crippen LogP contribution in [0.3, 0.4) is 0 Å². The van der Waals surface area contributed by atoms with Crippen molar-refractivity contribution in [2.45, 2.75) is 32.9 Å². The number of carboxylic acid groups (broad SMARTS) is 1. The summed E-state index contributed by atoms with van der Waals surface area (Å²) in [5.41, 5.74) is 1.21. The van der Waals surface area contributed by atoms with Crippen LogP contribution in [0.1, 0.15) is 25.8 Å². The molecule has 0 radical (unpaired) electrons. The highest BCUT2D eigenvalue weighted by molar-refractivity contribution is 5.68. The summed E-state index contributed by atoms with van der Waals surface area (Å²) in [7, 11) is 0. The number of carbonyl (C=O) groups is 1. The summed E-state index contributed by atoms with van der Waals surface area (Å²) < 4.78 is 10.8. The minimum atomic E-state index is -0.964. The Morgan fingerprint density at radius 2 is 2.14 bits per heavy atom. The van der Waals surface area contributed by atoms with Gasteiger partial charge in [-0.2, -0.15) is 0 Å². The molecule has 1 aliphatic heterocycles. The fourth-order valence-electron chi connectivity index (χ4n) is 2.73. The van der Waals surface area contributed by atoms with Crippen LogP contribution in [0.4, 0.5) is 0 Å². The van der Waals surface area contributed by atoms with Gasteiger partial charge in [0.25, 0.3) is 0 Å². The van der Waals surface area contributed by atoms with Gasteiger partial charge in [0.05, 0.1) is 13.2 Å². The normalized spacial score (nSPS) is 19.3. The van der Waals surface area contributed by atoms with E-state index in [1.165, 1.54) is 5.56 Å². The van der Waals surface area contributed by atoms with Gasteiger partial charge in [-0.3, -0.25) is 4.90 Å². The van der Waals surface area contributed by atoms with Gasteiger partial charge in [-0.25, -0.2) is 4.79 Å². The van der Waals surface area contributed by atoms with Gasteiger partial charge in [0.15, 0.2) is 6.61 Å². The highest BCUT2D eigenvalue weighted by Crippen LogP contribution is 2.20. The van der Waals surface area contributed by atoms with Crippen LogP contribution in [-0.2, 0) is 16.1 Å². The summed E-state index contributed by atoms with van der Waals surface area (Å²) in [6.07, 6.45) is 1.14. The Balaban J connectivity index is 1.92. The molecule has 1 N–H and O–H groups in total. The fourth-order valence-corrected chi connectivity index (χ4v) is 2.73. The van der Waals surface area contributed by atoms with E-state index in [0.29, 0.717) is 17.7 Å². The van der Waals surface area contributed by atoms with Crippen LogP contribution >= 0.6 is 0 Å². The molecule has 1 atom stereocenters. The second kappa shape index (κ2) is 8.15. The lowest BCUT2D eigenvalue weighted by Gasteiger charge is -2.36. The maximum absolute atomic E-state index is 10.5. The number of ether oxygens (including phenoxy) is 2. The molecule has 2 rings (SSSR count). The average Bonchev–Trinajstić information content (AvgIpc) is 2.48. The first-order valence-corrected chi connectivity index (χ1v) is 7.80. The Morgan fingerprint density at radius 1 is 1.41 bits per heavy atom. The van der Waals surface area contributed by atoms with E-state index >= 15 is 0 Å². The molecule has 122 valence electrons. The summed E-state index contributed by atoms with van der Waals surface area (Å²) in [6.45, 7) is 7.60. The zero-order chi connectivity index (χ0) is 15.9. The number of carboxylic acids is 1. The number of morpholine rings is 1. The van der Waals surface area contributed by atoms with Crippen molar-refractivity contribution in [3.8, 4) is 5.75 Å². The first kappa shape index (κ1) is 16.8. The van der Waals surface area contributed by atoms with E-state index < -0.39 is 5.97 Å². The number of hydrogen-bond donors (Lipinski definition) is 1. The molecule has 1 aromatic carbocycles. The molecule has 0 bridgehead atoms. The summed E-state index contributed by atoms with van der Waals surface area (Å²) in [5.74, 6) is 0.279. The molecule has 0 saturated carbocycles. The predicted octanol–water partition coefficient (Wildman–Crippen LogP) is 2.40. The fraction of sp³-hybridized carbons (Fsp3) is 0.588. The predicted molar refractivity (Wildman–Crippen MR) is 84.0 cm³/mol. The van der Waals surface area contributed by atoms with E-state index in [9.17, 15) is 4.79 Å². The third-order valence-corrected chi connectivity index (χ3v) is 3.76. The second-order valence-electron chi connectivity index (χ2n) is 6.16. The molecule has 0 aliphatic carbocycles. The largest absolute Gasteiger partial charge is 0.482 e. The molecule has 0 spiro atoms. The van der Waals surface area contributed by atoms with Gasteiger partial charge in [-0.05, 0) is 30.0 Å². The van der Waals surface area contributed by atoms with E-state index in [1.807, 2.05) is 24.3 Å². The molecule has 1 unspecified atom stereocenters. The standard InChI is InChI=1S/C17H25NO4/c1-13(2)9-15-11-21-8-7-18(15)10-14-3-5-16(6-4-14)22-12-17(19)20/h3-6,13,15H,7-12H2,1-2H3,(H,19,20). The van der Waals surface area contributed by atoms with Gasteiger partial charge >= 0.3 is 5.97 Å². The Morgan fingerprint density at radius 3 is 2.77 bits per heavy atom. The Hall–Kier alpha value is -1.59. The van der Waals surface area contributed by atoms with Gasteiger partial charge in [0, 0.05) is 19.1 Å². The smallest absolute Gasteiger partial charge is 0.341 e. The Bertz CT molecular complexity index is 472. The topological polar surface area (TPSA) is 59.0 Å². The van der Waals surface area contributed by atoms with Crippen molar-refractivity contribution < 1.29 is 19.4 Å². The van der Waals surface area contributed by atoms with E-state index in [2.05, 4.69) is 18.7 Å². The van der Waals surface area contributed by atoms with Crippen molar-refractivity contribution in [1.29, 1.82) is 0 Å². The average molecular weight is 307 g/mol. The van der Waals surface area contributed by atoms with Crippen LogP contribution < -0.4 is 4.74 Å². The van der Waals surface area contributed by atoms with Crippen LogP contribution in [0.5, 0.6) is 5.75 Å². The molecule has 0 aromatic heterocycles. The van der Waals surface area contributed by atoms with Gasteiger partial charge in [-0.1, -0.05) is 26.0 Å². The summed E-state index contributed by atoms with van der Waals surface area (Å²) in [5, 5.41) is 8.60. The number of rotatable bonds is 7. The number of aliphatic carboxylic acids is 1. The van der Waals surface area contributed by atoms with E-state index in [1.54, 1.807) is 0 Å². The maximum atomic E-state index is 10.5. The van der Waals surface area contributed by atoms with E-state index in [-0.39, 0.29) is 6.61 Å². The van der Waals surface area contributed by atoms with Crippen LogP contribution in [0.2, 0.25) is 0 Å². The first-order chi connectivity index (χ1) is 10.5. The number of hydrogen-bond acceptors (Lipinski definition) is 4. The molecule has 5 nitrogen and oxygen atoms in total. The molecular weight excluding hydrogens is 282 g/mol. The van der Waals surface area contributed by atoms with Gasteiger partial charge in [-0.15, -0.1) is 0 Å². The zero-order valence-electron chi connectivity index (χ0n) is 13.3. The third kappa shape index (κ3) is 5.31. The molecule has 0 amide bonds. The first-order valence-electron chi connectivity index (χ1n) is 7.80. The zero-order valence-corrected chi connectivity index (χ0v) is 13.3. The molecule has 1 fully saturated rings. The SMILES string of the molecule is CC(C)CC1COCCN1Cc1ccc(OCC(=O)O)cc1. The summed E-state index contributed by atoms with van der Waals surface area (Å²) >= 11 is 0. The maximum Gasteiger partial charge on any atom is 0.341 e. The van der Waals surface area contributed by atoms with Crippen molar-refractivity contribution >= 4 is 5.97 Å². The second-order valence-corrected chi connectivity index (χ2v) is 6.16. The molecule has 1 aromatic rings. The molecule has 1 heterocycles. The highest BCUT2D eigenvalue weighted by atomic mass is 16.5. The van der Waals surface area contributed by atoms with Crippen LogP contribution in [0, 0.1) is 5.92 Å². The van der Waals surface area contributed by atoms with Crippen LogP contribution in [0.15, 0.2) is 24.3 Å². The van der Waals surface area contributed by atoms with Crippen molar-refractivity contribution in [1.82, 2.24) is 4.90 Å². The van der Waals surface area contributed by atoms with Gasteiger partial charge in [0.1, 0.15) is 5.75 Å². The number of benzene rings is 1. The van der Waals surface area contributed by atoms with Crippen molar-refractivity contribution in [3.63, 3.8) is 0 Å². The molecule has 1 saturated heterocycles. The van der Waals surface area contributed by atoms with Gasteiger partial charge in [0.2, 0.25) is 0 Å². The van der Waals surface area contributed by atoms with E-state index in [4.69, 9.17) is 14.6 Å². The van der Waals surface area contributed by atoms with Crippen LogP contribution in [-0.4, -0.2) is 48.4 Å². The highest BCUT2D eigenvalue weighted by Gasteiger charge is 2.23. The Labute approximate surface area is 131 Å². The summed E-state index contributed by atoms with van der Waals surface area (Å²) in [4.78, 5) is 13.0. The van der Waals surface area contributed by atoms with Crippen molar-refractivity contribution in [2.24, 2.45) is 5.92 Å². The molecule has 22 heavy (non-hydrogen) atoms. The lowest BCUT2D eigenvalue weighted by molar-refractivity contribution is -0.139. The van der Waals surface area contributed by atoms with E-state index in [0.717, 1.165) is 32.7 Å². The molecular formula is C17H25NO4. The quantitative estimate of drug-likeness (QED) is 0.838. The molecule has 1 aliphatic rings. The minimum absolute atomic E-state index is 0.306. The van der Waals surface area contributed by atoms with Crippen molar-refractivity contribution in [2.75, 3.05) is 26.4 Å². The lowest BCUT2D eigenvalue weighted by Crippen LogP contribution is -2.45. The Kier molecular flexibility index (Phi) is 6.21. The summed E-state index contributed by atoms with van der Waals surface area (Å²) in [6, 6.07) is 8.13.